The number of hydrogen-bond donors (Lipinski definition) is 1. The van der Waals surface area contributed by atoms with Crippen molar-refractivity contribution in [2.75, 3.05) is 26.9 Å². The Morgan fingerprint density at radius 1 is 1.09 bits per heavy atom. The monoisotopic (exact) mass is 471 g/mol. The Kier molecular flexibility index (Phi) is 8.51. The molecule has 2 amide bonds. The Bertz CT molecular complexity index is 1050. The van der Waals surface area contributed by atoms with Gasteiger partial charge in [-0.15, -0.1) is 0 Å². The summed E-state index contributed by atoms with van der Waals surface area (Å²) in [5, 5.41) is 8.71. The van der Waals surface area contributed by atoms with Crippen LogP contribution in [-0.4, -0.2) is 54.0 Å². The first-order valence-electron chi connectivity index (χ1n) is 10.4. The number of imide groups is 1. The molecular formula is C24H25NO7S. The van der Waals surface area contributed by atoms with Gasteiger partial charge in [0.2, 0.25) is 0 Å². The smallest absolute Gasteiger partial charge is 0.335 e. The number of carboxylic acids is 1. The molecule has 0 aliphatic carbocycles. The van der Waals surface area contributed by atoms with Crippen molar-refractivity contribution in [3.63, 3.8) is 0 Å². The number of carbonyl (C=O) groups excluding carboxylic acids is 2. The molecule has 0 spiro atoms. The summed E-state index contributed by atoms with van der Waals surface area (Å²) in [5.41, 5.74) is 1.73. The lowest BCUT2D eigenvalue weighted by molar-refractivity contribution is -0.122. The van der Waals surface area contributed by atoms with Crippen LogP contribution < -0.4 is 9.47 Å². The van der Waals surface area contributed by atoms with E-state index in [0.717, 1.165) is 17.3 Å². The number of hydrogen-bond acceptors (Lipinski definition) is 7. The lowest BCUT2D eigenvalue weighted by Crippen LogP contribution is -2.29. The third kappa shape index (κ3) is 6.36. The molecule has 0 bridgehead atoms. The number of nitrogens with zero attached hydrogens (tertiary/aromatic N) is 1. The first-order valence-corrected chi connectivity index (χ1v) is 11.2. The van der Waals surface area contributed by atoms with E-state index < -0.39 is 5.97 Å². The van der Waals surface area contributed by atoms with E-state index in [0.29, 0.717) is 48.1 Å². The number of carbonyl (C=O) groups is 3. The average molecular weight is 472 g/mol. The predicted molar refractivity (Wildman–Crippen MR) is 125 cm³/mol. The minimum Gasteiger partial charge on any atom is -0.490 e. The van der Waals surface area contributed by atoms with E-state index in [2.05, 4.69) is 0 Å². The van der Waals surface area contributed by atoms with Gasteiger partial charge in [-0.05, 0) is 66.6 Å². The van der Waals surface area contributed by atoms with Crippen LogP contribution in [0.25, 0.3) is 6.08 Å². The highest BCUT2D eigenvalue weighted by Crippen LogP contribution is 2.35. The van der Waals surface area contributed by atoms with Gasteiger partial charge in [0.05, 0.1) is 17.1 Å². The summed E-state index contributed by atoms with van der Waals surface area (Å²) in [6.45, 7) is 3.30. The first kappa shape index (κ1) is 24.3. The van der Waals surface area contributed by atoms with E-state index >= 15 is 0 Å². The van der Waals surface area contributed by atoms with Crippen molar-refractivity contribution in [2.45, 2.75) is 20.0 Å². The van der Waals surface area contributed by atoms with Crippen molar-refractivity contribution in [1.82, 2.24) is 4.90 Å². The number of amides is 2. The SMILES string of the molecule is CCOc1cc(/C=C2/SC(=O)N(CCCOC)C2=O)ccc1OCc1ccc(C(=O)O)cc1. The highest BCUT2D eigenvalue weighted by molar-refractivity contribution is 8.18. The maximum absolute atomic E-state index is 12.6. The van der Waals surface area contributed by atoms with Crippen molar-refractivity contribution in [1.29, 1.82) is 0 Å². The van der Waals surface area contributed by atoms with Gasteiger partial charge in [0.25, 0.3) is 11.1 Å². The molecule has 8 nitrogen and oxygen atoms in total. The van der Waals surface area contributed by atoms with Crippen molar-refractivity contribution in [2.24, 2.45) is 0 Å². The number of thioether (sulfide) groups is 1. The molecule has 0 unspecified atom stereocenters. The topological polar surface area (TPSA) is 102 Å². The van der Waals surface area contributed by atoms with E-state index in [1.807, 2.05) is 6.92 Å². The Labute approximate surface area is 196 Å². The third-order valence-electron chi connectivity index (χ3n) is 4.76. The molecule has 174 valence electrons. The summed E-state index contributed by atoms with van der Waals surface area (Å²) in [7, 11) is 1.58. The number of methoxy groups -OCH3 is 1. The van der Waals surface area contributed by atoms with Crippen LogP contribution >= 0.6 is 11.8 Å². The molecule has 1 fully saturated rings. The predicted octanol–water partition coefficient (Wildman–Crippen LogP) is 4.44. The zero-order valence-electron chi connectivity index (χ0n) is 18.4. The summed E-state index contributed by atoms with van der Waals surface area (Å²) in [5.74, 6) is -0.273. The van der Waals surface area contributed by atoms with Gasteiger partial charge in [0.1, 0.15) is 6.61 Å². The molecule has 1 aliphatic heterocycles. The summed E-state index contributed by atoms with van der Waals surface area (Å²) < 4.78 is 16.6. The van der Waals surface area contributed by atoms with Crippen LogP contribution in [0.4, 0.5) is 4.79 Å². The molecule has 1 aliphatic rings. The second kappa shape index (κ2) is 11.5. The van der Waals surface area contributed by atoms with Crippen LogP contribution in [0, 0.1) is 0 Å². The average Bonchev–Trinajstić information content (AvgIpc) is 3.06. The Morgan fingerprint density at radius 3 is 2.52 bits per heavy atom. The number of carboxylic acid groups (broad SMARTS) is 1. The van der Waals surface area contributed by atoms with Gasteiger partial charge in [0, 0.05) is 20.3 Å². The summed E-state index contributed by atoms with van der Waals surface area (Å²) >= 11 is 0.913. The molecule has 0 saturated carbocycles. The fourth-order valence-corrected chi connectivity index (χ4v) is 3.98. The molecule has 2 aromatic carbocycles. The Morgan fingerprint density at radius 2 is 1.85 bits per heavy atom. The van der Waals surface area contributed by atoms with E-state index in [4.69, 9.17) is 19.3 Å². The maximum atomic E-state index is 12.6. The van der Waals surface area contributed by atoms with E-state index in [1.165, 1.54) is 17.0 Å². The molecule has 33 heavy (non-hydrogen) atoms. The summed E-state index contributed by atoms with van der Waals surface area (Å²) in [6.07, 6.45) is 2.25. The molecule has 1 N–H and O–H groups in total. The van der Waals surface area contributed by atoms with Crippen LogP contribution in [0.15, 0.2) is 47.4 Å². The number of rotatable bonds is 11. The molecule has 2 aromatic rings. The normalized spacial score (nSPS) is 14.7. The van der Waals surface area contributed by atoms with Crippen LogP contribution in [0.1, 0.15) is 34.8 Å². The molecule has 0 aromatic heterocycles. The molecule has 1 saturated heterocycles. The summed E-state index contributed by atoms with van der Waals surface area (Å²) in [4.78, 5) is 37.4. The van der Waals surface area contributed by atoms with Crippen molar-refractivity contribution in [3.8, 4) is 11.5 Å². The molecule has 3 rings (SSSR count). The Hall–Kier alpha value is -3.30. The summed E-state index contributed by atoms with van der Waals surface area (Å²) in [6, 6.07) is 11.7. The van der Waals surface area contributed by atoms with Gasteiger partial charge in [-0.3, -0.25) is 14.5 Å². The fraction of sp³-hybridized carbons (Fsp3) is 0.292. The van der Waals surface area contributed by atoms with E-state index in [1.54, 1.807) is 43.5 Å². The first-order chi connectivity index (χ1) is 15.9. The lowest BCUT2D eigenvalue weighted by atomic mass is 10.1. The van der Waals surface area contributed by atoms with Gasteiger partial charge in [-0.25, -0.2) is 4.79 Å². The maximum Gasteiger partial charge on any atom is 0.335 e. The van der Waals surface area contributed by atoms with Crippen molar-refractivity contribution >= 4 is 35.0 Å². The zero-order valence-corrected chi connectivity index (χ0v) is 19.2. The minimum absolute atomic E-state index is 0.209. The molecule has 0 radical (unpaired) electrons. The van der Waals surface area contributed by atoms with Gasteiger partial charge < -0.3 is 19.3 Å². The van der Waals surface area contributed by atoms with Gasteiger partial charge in [0.15, 0.2) is 11.5 Å². The van der Waals surface area contributed by atoms with Gasteiger partial charge >= 0.3 is 5.97 Å². The lowest BCUT2D eigenvalue weighted by Gasteiger charge is -2.13. The van der Waals surface area contributed by atoms with Crippen molar-refractivity contribution in [3.05, 3.63) is 64.1 Å². The molecule has 9 heteroatoms. The number of ether oxygens (including phenoxy) is 3. The second-order valence-electron chi connectivity index (χ2n) is 7.11. The standard InChI is InChI=1S/C24H25NO7S/c1-3-31-20-13-17(14-21-22(26)25(24(29)33-21)11-4-12-30-2)7-10-19(20)32-15-16-5-8-18(9-6-16)23(27)28/h5-10,13-14H,3-4,11-12,15H2,1-2H3,(H,27,28)/b21-14+. The van der Waals surface area contributed by atoms with Gasteiger partial charge in [-0.1, -0.05) is 18.2 Å². The van der Waals surface area contributed by atoms with Crippen LogP contribution in [-0.2, 0) is 16.1 Å². The molecular weight excluding hydrogens is 446 g/mol. The van der Waals surface area contributed by atoms with Crippen LogP contribution in [0.2, 0.25) is 0 Å². The van der Waals surface area contributed by atoms with Crippen LogP contribution in [0.5, 0.6) is 11.5 Å². The largest absolute Gasteiger partial charge is 0.490 e. The highest BCUT2D eigenvalue weighted by atomic mass is 32.2. The fourth-order valence-electron chi connectivity index (χ4n) is 3.12. The van der Waals surface area contributed by atoms with E-state index in [-0.39, 0.29) is 23.3 Å². The quantitative estimate of drug-likeness (QED) is 0.379. The third-order valence-corrected chi connectivity index (χ3v) is 5.67. The molecule has 1 heterocycles. The zero-order chi connectivity index (χ0) is 23.8. The molecule has 0 atom stereocenters. The number of benzene rings is 2. The second-order valence-corrected chi connectivity index (χ2v) is 8.10. The minimum atomic E-state index is -0.982. The van der Waals surface area contributed by atoms with Crippen LogP contribution in [0.3, 0.4) is 0 Å². The van der Waals surface area contributed by atoms with E-state index in [9.17, 15) is 14.4 Å². The highest BCUT2D eigenvalue weighted by Gasteiger charge is 2.34. The number of aromatic carboxylic acids is 1. The Balaban J connectivity index is 1.72. The van der Waals surface area contributed by atoms with Gasteiger partial charge in [-0.2, -0.15) is 0 Å². The van der Waals surface area contributed by atoms with Crippen molar-refractivity contribution < 1.29 is 33.7 Å².